The Kier molecular flexibility index (Phi) is 6.22. The van der Waals surface area contributed by atoms with Crippen molar-refractivity contribution in [3.8, 4) is 0 Å². The van der Waals surface area contributed by atoms with Gasteiger partial charge in [0, 0.05) is 6.54 Å². The first-order valence-corrected chi connectivity index (χ1v) is 9.11. The second-order valence-corrected chi connectivity index (χ2v) is 6.63. The highest BCUT2D eigenvalue weighted by atomic mass is 16.6. The minimum Gasteiger partial charge on any atom is -0.445 e. The van der Waals surface area contributed by atoms with Crippen molar-refractivity contribution in [1.82, 2.24) is 10.2 Å². The number of amides is 1. The molecule has 2 aliphatic rings. The van der Waals surface area contributed by atoms with E-state index in [2.05, 4.69) is 5.32 Å². The number of likely N-dealkylation sites (tertiary alicyclic amines) is 1. The average molecular weight is 360 g/mol. The Bertz CT molecular complexity index is 643. The van der Waals surface area contributed by atoms with Crippen LogP contribution in [0.3, 0.4) is 0 Å². The van der Waals surface area contributed by atoms with Gasteiger partial charge in [0.2, 0.25) is 0 Å². The zero-order valence-corrected chi connectivity index (χ0v) is 14.7. The van der Waals surface area contributed by atoms with Crippen molar-refractivity contribution >= 4 is 18.0 Å². The maximum absolute atomic E-state index is 12.4. The van der Waals surface area contributed by atoms with E-state index in [-0.39, 0.29) is 6.61 Å². The van der Waals surface area contributed by atoms with Crippen LogP contribution in [0.1, 0.15) is 37.7 Å². The van der Waals surface area contributed by atoms with Crippen LogP contribution in [-0.2, 0) is 25.7 Å². The lowest BCUT2D eigenvalue weighted by Gasteiger charge is -2.33. The summed E-state index contributed by atoms with van der Waals surface area (Å²) in [5.41, 5.74) is 0.875. The number of esters is 2. The maximum atomic E-state index is 12.4. The van der Waals surface area contributed by atoms with Gasteiger partial charge in [-0.2, -0.15) is 0 Å². The van der Waals surface area contributed by atoms with Crippen molar-refractivity contribution in [2.24, 2.45) is 0 Å². The molecule has 0 saturated carbocycles. The van der Waals surface area contributed by atoms with Gasteiger partial charge < -0.3 is 14.8 Å². The van der Waals surface area contributed by atoms with Crippen molar-refractivity contribution in [2.75, 3.05) is 13.1 Å². The topological polar surface area (TPSA) is 84.9 Å². The largest absolute Gasteiger partial charge is 0.445 e. The summed E-state index contributed by atoms with van der Waals surface area (Å²) in [6.45, 7) is 1.31. The van der Waals surface area contributed by atoms with Crippen LogP contribution < -0.4 is 5.32 Å². The van der Waals surface area contributed by atoms with Crippen LogP contribution in [-0.4, -0.2) is 48.1 Å². The number of piperidine rings is 1. The van der Waals surface area contributed by atoms with Crippen molar-refractivity contribution in [2.45, 2.75) is 50.8 Å². The van der Waals surface area contributed by atoms with Crippen molar-refractivity contribution < 1.29 is 23.9 Å². The summed E-state index contributed by atoms with van der Waals surface area (Å²) in [5.74, 6) is -1.23. The number of benzene rings is 1. The number of hydrogen-bond acceptors (Lipinski definition) is 6. The first-order valence-electron chi connectivity index (χ1n) is 9.11. The first-order chi connectivity index (χ1) is 12.6. The normalized spacial score (nSPS) is 22.7. The van der Waals surface area contributed by atoms with Gasteiger partial charge in [-0.1, -0.05) is 30.3 Å². The summed E-state index contributed by atoms with van der Waals surface area (Å²) in [6, 6.07) is 8.15. The SMILES string of the molecule is O=C(OC(=O)[C@@H]1CCCN1)C1CCCCN1C(=O)OCc1ccccc1. The summed E-state index contributed by atoms with van der Waals surface area (Å²) >= 11 is 0. The van der Waals surface area contributed by atoms with E-state index in [1.165, 1.54) is 4.90 Å². The first kappa shape index (κ1) is 18.4. The quantitative estimate of drug-likeness (QED) is 0.653. The van der Waals surface area contributed by atoms with E-state index in [9.17, 15) is 14.4 Å². The molecule has 1 amide bonds. The number of carbonyl (C=O) groups is 3. The van der Waals surface area contributed by atoms with Crippen LogP contribution in [0.15, 0.2) is 30.3 Å². The maximum Gasteiger partial charge on any atom is 0.410 e. The Morgan fingerprint density at radius 2 is 1.85 bits per heavy atom. The van der Waals surface area contributed by atoms with E-state index in [0.717, 1.165) is 31.4 Å². The Hall–Kier alpha value is -2.41. The molecule has 0 aromatic heterocycles. The van der Waals surface area contributed by atoms with Gasteiger partial charge in [0.1, 0.15) is 18.7 Å². The van der Waals surface area contributed by atoms with E-state index < -0.39 is 30.1 Å². The van der Waals surface area contributed by atoms with E-state index in [1.807, 2.05) is 30.3 Å². The van der Waals surface area contributed by atoms with Crippen LogP contribution in [0.4, 0.5) is 4.79 Å². The fourth-order valence-corrected chi connectivity index (χ4v) is 3.32. The summed E-state index contributed by atoms with van der Waals surface area (Å²) < 4.78 is 10.4. The lowest BCUT2D eigenvalue weighted by atomic mass is 10.0. The molecule has 0 radical (unpaired) electrons. The fourth-order valence-electron chi connectivity index (χ4n) is 3.32. The molecule has 7 heteroatoms. The number of rotatable bonds is 4. The Morgan fingerprint density at radius 1 is 1.04 bits per heavy atom. The molecule has 1 aromatic carbocycles. The van der Waals surface area contributed by atoms with Gasteiger partial charge in [-0.25, -0.2) is 14.4 Å². The summed E-state index contributed by atoms with van der Waals surface area (Å²) in [7, 11) is 0. The monoisotopic (exact) mass is 360 g/mol. The predicted molar refractivity (Wildman–Crippen MR) is 93.1 cm³/mol. The Morgan fingerprint density at radius 3 is 2.58 bits per heavy atom. The second kappa shape index (κ2) is 8.80. The number of hydrogen-bond donors (Lipinski definition) is 1. The summed E-state index contributed by atoms with van der Waals surface area (Å²) in [4.78, 5) is 38.3. The lowest BCUT2D eigenvalue weighted by Crippen LogP contribution is -2.50. The average Bonchev–Trinajstić information content (AvgIpc) is 3.22. The molecule has 1 unspecified atom stereocenters. The number of ether oxygens (including phenoxy) is 2. The van der Waals surface area contributed by atoms with Gasteiger partial charge in [0.05, 0.1) is 0 Å². The number of nitrogens with zero attached hydrogens (tertiary/aromatic N) is 1. The van der Waals surface area contributed by atoms with Gasteiger partial charge in [-0.15, -0.1) is 0 Å². The predicted octanol–water partition coefficient (Wildman–Crippen LogP) is 2.00. The second-order valence-electron chi connectivity index (χ2n) is 6.63. The van der Waals surface area contributed by atoms with Gasteiger partial charge in [0.15, 0.2) is 0 Å². The smallest absolute Gasteiger partial charge is 0.410 e. The molecule has 2 fully saturated rings. The summed E-state index contributed by atoms with van der Waals surface area (Å²) in [5, 5.41) is 3.01. The van der Waals surface area contributed by atoms with E-state index in [1.54, 1.807) is 0 Å². The summed E-state index contributed by atoms with van der Waals surface area (Å²) in [6.07, 6.45) is 3.07. The van der Waals surface area contributed by atoms with Gasteiger partial charge >= 0.3 is 18.0 Å². The fraction of sp³-hybridized carbons (Fsp3) is 0.526. The van der Waals surface area contributed by atoms with Crippen molar-refractivity contribution in [3.63, 3.8) is 0 Å². The van der Waals surface area contributed by atoms with Crippen LogP contribution >= 0.6 is 0 Å². The van der Waals surface area contributed by atoms with Crippen LogP contribution in [0.5, 0.6) is 0 Å². The van der Waals surface area contributed by atoms with Crippen LogP contribution in [0.25, 0.3) is 0 Å². The molecule has 3 rings (SSSR count). The van der Waals surface area contributed by atoms with Crippen LogP contribution in [0, 0.1) is 0 Å². The van der Waals surface area contributed by atoms with E-state index in [0.29, 0.717) is 19.4 Å². The third-order valence-corrected chi connectivity index (χ3v) is 4.76. The molecule has 2 aliphatic heterocycles. The highest BCUT2D eigenvalue weighted by molar-refractivity contribution is 5.92. The van der Waals surface area contributed by atoms with E-state index >= 15 is 0 Å². The zero-order chi connectivity index (χ0) is 18.4. The molecule has 2 saturated heterocycles. The molecule has 0 spiro atoms. The molecule has 0 bridgehead atoms. The van der Waals surface area contributed by atoms with Crippen LogP contribution in [0.2, 0.25) is 0 Å². The third-order valence-electron chi connectivity index (χ3n) is 4.76. The molecular weight excluding hydrogens is 336 g/mol. The standard InChI is InChI=1S/C19H24N2O5/c22-17(15-9-6-11-20-15)26-18(23)16-10-4-5-12-21(16)19(24)25-13-14-7-2-1-3-8-14/h1-3,7-8,15-16,20H,4-6,9-13H2/t15-,16?/m0/s1. The minimum atomic E-state index is -0.766. The molecule has 7 nitrogen and oxygen atoms in total. The molecule has 26 heavy (non-hydrogen) atoms. The molecule has 2 atom stereocenters. The Balaban J connectivity index is 1.56. The minimum absolute atomic E-state index is 0.142. The van der Waals surface area contributed by atoms with Gasteiger partial charge in [-0.3, -0.25) is 4.90 Å². The van der Waals surface area contributed by atoms with Gasteiger partial charge in [0.25, 0.3) is 0 Å². The van der Waals surface area contributed by atoms with Gasteiger partial charge in [-0.05, 0) is 44.2 Å². The highest BCUT2D eigenvalue weighted by Crippen LogP contribution is 2.20. The Labute approximate surface area is 152 Å². The highest BCUT2D eigenvalue weighted by Gasteiger charge is 2.36. The third kappa shape index (κ3) is 4.60. The number of nitrogens with one attached hydrogen (secondary N) is 1. The molecular formula is C19H24N2O5. The molecule has 2 heterocycles. The lowest BCUT2D eigenvalue weighted by molar-refractivity contribution is -0.165. The molecule has 1 aromatic rings. The molecule has 140 valence electrons. The molecule has 1 N–H and O–H groups in total. The zero-order valence-electron chi connectivity index (χ0n) is 14.7. The number of carbonyl (C=O) groups excluding carboxylic acids is 3. The van der Waals surface area contributed by atoms with Crippen molar-refractivity contribution in [1.29, 1.82) is 0 Å². The van der Waals surface area contributed by atoms with Crippen molar-refractivity contribution in [3.05, 3.63) is 35.9 Å². The molecule has 0 aliphatic carbocycles. The van der Waals surface area contributed by atoms with E-state index in [4.69, 9.17) is 9.47 Å².